The minimum Gasteiger partial charge on any atom is -0.461 e. The second kappa shape index (κ2) is 7.85. The molecule has 1 saturated carbocycles. The molecule has 0 aromatic heterocycles. The Balaban J connectivity index is 1.75. The zero-order valence-corrected chi connectivity index (χ0v) is 12.1. The van der Waals surface area contributed by atoms with Gasteiger partial charge in [-0.05, 0) is 19.3 Å². The molecule has 1 unspecified atom stereocenters. The number of esters is 1. The van der Waals surface area contributed by atoms with E-state index in [9.17, 15) is 4.79 Å². The van der Waals surface area contributed by atoms with E-state index in [0.717, 1.165) is 52.1 Å². The quantitative estimate of drug-likeness (QED) is 0.717. The molecule has 0 radical (unpaired) electrons. The number of carbonyl (C=O) groups excluding carboxylic acids is 1. The van der Waals surface area contributed by atoms with Crippen molar-refractivity contribution in [3.63, 3.8) is 0 Å². The topological polar surface area (TPSA) is 38.8 Å². The molecule has 4 nitrogen and oxygen atoms in total. The van der Waals surface area contributed by atoms with Crippen LogP contribution in [0.5, 0.6) is 0 Å². The highest BCUT2D eigenvalue weighted by atomic mass is 16.5. The van der Waals surface area contributed by atoms with Crippen molar-refractivity contribution in [1.82, 2.24) is 4.90 Å². The standard InChI is InChI=1S/C15H27NO3/c1-2-14(12-16-8-10-18-11-9-16)19-15(17)13-6-4-3-5-7-13/h13-14H,2-12H2,1H3. The van der Waals surface area contributed by atoms with Gasteiger partial charge in [-0.2, -0.15) is 0 Å². The number of ether oxygens (including phenoxy) is 2. The van der Waals surface area contributed by atoms with Crippen LogP contribution < -0.4 is 0 Å². The van der Waals surface area contributed by atoms with Gasteiger partial charge in [-0.3, -0.25) is 9.69 Å². The molecular formula is C15H27NO3. The van der Waals surface area contributed by atoms with E-state index in [2.05, 4.69) is 11.8 Å². The Labute approximate surface area is 116 Å². The van der Waals surface area contributed by atoms with Crippen molar-refractivity contribution in [2.24, 2.45) is 5.92 Å². The molecule has 19 heavy (non-hydrogen) atoms. The van der Waals surface area contributed by atoms with Crippen LogP contribution >= 0.6 is 0 Å². The summed E-state index contributed by atoms with van der Waals surface area (Å²) in [7, 11) is 0. The van der Waals surface area contributed by atoms with Crippen LogP contribution in [-0.2, 0) is 14.3 Å². The third kappa shape index (κ3) is 4.77. The lowest BCUT2D eigenvalue weighted by atomic mass is 9.89. The summed E-state index contributed by atoms with van der Waals surface area (Å²) in [5, 5.41) is 0. The van der Waals surface area contributed by atoms with Gasteiger partial charge in [-0.15, -0.1) is 0 Å². The molecule has 2 rings (SSSR count). The summed E-state index contributed by atoms with van der Waals surface area (Å²) >= 11 is 0. The second-order valence-corrected chi connectivity index (χ2v) is 5.72. The van der Waals surface area contributed by atoms with Crippen LogP contribution in [0.3, 0.4) is 0 Å². The van der Waals surface area contributed by atoms with Gasteiger partial charge in [0.25, 0.3) is 0 Å². The molecule has 0 spiro atoms. The lowest BCUT2D eigenvalue weighted by Crippen LogP contribution is -2.42. The van der Waals surface area contributed by atoms with E-state index in [1.807, 2.05) is 0 Å². The molecule has 0 N–H and O–H groups in total. The molecule has 1 heterocycles. The first-order valence-corrected chi connectivity index (χ1v) is 7.80. The predicted molar refractivity (Wildman–Crippen MR) is 74.0 cm³/mol. The van der Waals surface area contributed by atoms with E-state index in [-0.39, 0.29) is 18.0 Å². The van der Waals surface area contributed by atoms with E-state index in [1.54, 1.807) is 0 Å². The summed E-state index contributed by atoms with van der Waals surface area (Å²) in [4.78, 5) is 14.5. The molecule has 2 aliphatic rings. The van der Waals surface area contributed by atoms with E-state index in [0.29, 0.717) is 0 Å². The highest BCUT2D eigenvalue weighted by Crippen LogP contribution is 2.25. The second-order valence-electron chi connectivity index (χ2n) is 5.72. The van der Waals surface area contributed by atoms with Crippen LogP contribution in [0.4, 0.5) is 0 Å². The van der Waals surface area contributed by atoms with Crippen molar-refractivity contribution in [1.29, 1.82) is 0 Å². The molecular weight excluding hydrogens is 242 g/mol. The highest BCUT2D eigenvalue weighted by molar-refractivity contribution is 5.72. The molecule has 0 bridgehead atoms. The first-order valence-electron chi connectivity index (χ1n) is 7.80. The van der Waals surface area contributed by atoms with Crippen molar-refractivity contribution in [3.8, 4) is 0 Å². The van der Waals surface area contributed by atoms with E-state index >= 15 is 0 Å². The van der Waals surface area contributed by atoms with Crippen molar-refractivity contribution in [3.05, 3.63) is 0 Å². The molecule has 2 fully saturated rings. The maximum Gasteiger partial charge on any atom is 0.309 e. The van der Waals surface area contributed by atoms with Crippen molar-refractivity contribution >= 4 is 5.97 Å². The molecule has 0 aromatic carbocycles. The van der Waals surface area contributed by atoms with Gasteiger partial charge >= 0.3 is 5.97 Å². The van der Waals surface area contributed by atoms with Gasteiger partial charge in [0.05, 0.1) is 19.1 Å². The summed E-state index contributed by atoms with van der Waals surface area (Å²) in [6, 6.07) is 0. The third-order valence-corrected chi connectivity index (χ3v) is 4.24. The summed E-state index contributed by atoms with van der Waals surface area (Å²) < 4.78 is 11.1. The lowest BCUT2D eigenvalue weighted by Gasteiger charge is -2.31. The largest absolute Gasteiger partial charge is 0.461 e. The van der Waals surface area contributed by atoms with E-state index in [1.165, 1.54) is 19.3 Å². The van der Waals surface area contributed by atoms with Crippen molar-refractivity contribution in [2.75, 3.05) is 32.8 Å². The maximum atomic E-state index is 12.1. The molecule has 0 aromatic rings. The fraction of sp³-hybridized carbons (Fsp3) is 0.933. The third-order valence-electron chi connectivity index (χ3n) is 4.24. The summed E-state index contributed by atoms with van der Waals surface area (Å²) in [5.74, 6) is 0.201. The molecule has 1 aliphatic carbocycles. The van der Waals surface area contributed by atoms with Crippen molar-refractivity contribution < 1.29 is 14.3 Å². The van der Waals surface area contributed by atoms with Gasteiger partial charge in [-0.1, -0.05) is 26.2 Å². The highest BCUT2D eigenvalue weighted by Gasteiger charge is 2.25. The first kappa shape index (κ1) is 14.8. The smallest absolute Gasteiger partial charge is 0.309 e. The van der Waals surface area contributed by atoms with Crippen LogP contribution in [0.15, 0.2) is 0 Å². The monoisotopic (exact) mass is 269 g/mol. The van der Waals surface area contributed by atoms with Crippen LogP contribution in [0.25, 0.3) is 0 Å². The Morgan fingerprint density at radius 2 is 1.95 bits per heavy atom. The SMILES string of the molecule is CCC(CN1CCOCC1)OC(=O)C1CCCCC1. The number of morpholine rings is 1. The van der Waals surface area contributed by atoms with Gasteiger partial charge in [0.2, 0.25) is 0 Å². The molecule has 4 heteroatoms. The number of hydrogen-bond acceptors (Lipinski definition) is 4. The average molecular weight is 269 g/mol. The minimum atomic E-state index is 0.0415. The van der Waals surface area contributed by atoms with Crippen LogP contribution in [0, 0.1) is 5.92 Å². The van der Waals surface area contributed by atoms with E-state index in [4.69, 9.17) is 9.47 Å². The molecule has 1 aliphatic heterocycles. The minimum absolute atomic E-state index is 0.0415. The van der Waals surface area contributed by atoms with Gasteiger partial charge in [0.1, 0.15) is 6.10 Å². The predicted octanol–water partition coefficient (Wildman–Crippen LogP) is 2.22. The lowest BCUT2D eigenvalue weighted by molar-refractivity contribution is -0.156. The molecule has 110 valence electrons. The Morgan fingerprint density at radius 3 is 2.58 bits per heavy atom. The number of carbonyl (C=O) groups is 1. The Morgan fingerprint density at radius 1 is 1.26 bits per heavy atom. The zero-order valence-electron chi connectivity index (χ0n) is 12.1. The Bertz CT molecular complexity index is 271. The summed E-state index contributed by atoms with van der Waals surface area (Å²) in [6.07, 6.45) is 6.62. The number of rotatable bonds is 5. The van der Waals surface area contributed by atoms with Gasteiger partial charge in [0.15, 0.2) is 0 Å². The van der Waals surface area contributed by atoms with Crippen LogP contribution in [-0.4, -0.2) is 49.8 Å². The van der Waals surface area contributed by atoms with Crippen LogP contribution in [0.1, 0.15) is 45.4 Å². The zero-order chi connectivity index (χ0) is 13.5. The van der Waals surface area contributed by atoms with Crippen molar-refractivity contribution in [2.45, 2.75) is 51.6 Å². The normalized spacial score (nSPS) is 24.1. The van der Waals surface area contributed by atoms with Gasteiger partial charge < -0.3 is 9.47 Å². The van der Waals surface area contributed by atoms with Gasteiger partial charge in [0, 0.05) is 19.6 Å². The molecule has 1 saturated heterocycles. The average Bonchev–Trinajstić information content (AvgIpc) is 2.48. The first-order chi connectivity index (χ1) is 9.29. The van der Waals surface area contributed by atoms with E-state index < -0.39 is 0 Å². The Hall–Kier alpha value is -0.610. The number of hydrogen-bond donors (Lipinski definition) is 0. The number of nitrogens with zero attached hydrogens (tertiary/aromatic N) is 1. The molecule has 0 amide bonds. The fourth-order valence-corrected chi connectivity index (χ4v) is 2.92. The van der Waals surface area contributed by atoms with Crippen LogP contribution in [0.2, 0.25) is 0 Å². The van der Waals surface area contributed by atoms with Gasteiger partial charge in [-0.25, -0.2) is 0 Å². The Kier molecular flexibility index (Phi) is 6.11. The molecule has 1 atom stereocenters. The summed E-state index contributed by atoms with van der Waals surface area (Å²) in [5.41, 5.74) is 0. The summed E-state index contributed by atoms with van der Waals surface area (Å²) in [6.45, 7) is 6.46. The maximum absolute atomic E-state index is 12.1. The fourth-order valence-electron chi connectivity index (χ4n) is 2.92.